The lowest BCUT2D eigenvalue weighted by atomic mass is 10.3. The third kappa shape index (κ3) is 15.8. The minimum Gasteiger partial charge on any atom is -0.379 e. The molecule has 104 valence electrons. The molecule has 0 bridgehead atoms. The third-order valence-electron chi connectivity index (χ3n) is 1.69. The fourth-order valence-electron chi connectivity index (χ4n) is 0.933. The van der Waals surface area contributed by atoms with Crippen LogP contribution in [0.2, 0.25) is 0 Å². The van der Waals surface area contributed by atoms with E-state index in [2.05, 4.69) is 0 Å². The standard InChI is InChI=1S/C12H28N2O3/c13-5-1-3-7-15-9-11-17-12-10-16-8-4-2-6-14/h1-14H2/i1D2,2D2,5D2,6D2. The van der Waals surface area contributed by atoms with Gasteiger partial charge in [0.05, 0.1) is 26.4 Å². The van der Waals surface area contributed by atoms with Crippen LogP contribution in [0, 0.1) is 0 Å². The van der Waals surface area contributed by atoms with Crippen molar-refractivity contribution in [2.24, 2.45) is 11.5 Å². The van der Waals surface area contributed by atoms with Gasteiger partial charge in [-0.2, -0.15) is 0 Å². The van der Waals surface area contributed by atoms with Crippen molar-refractivity contribution in [3.63, 3.8) is 0 Å². The summed E-state index contributed by atoms with van der Waals surface area (Å²) in [5.74, 6) is 0. The summed E-state index contributed by atoms with van der Waals surface area (Å²) >= 11 is 0. The Kier molecular flexibility index (Phi) is 6.88. The lowest BCUT2D eigenvalue weighted by Gasteiger charge is -2.06. The minimum absolute atomic E-state index is 0.0136. The van der Waals surface area contributed by atoms with Crippen molar-refractivity contribution in [2.45, 2.75) is 25.6 Å². The molecule has 5 nitrogen and oxygen atoms in total. The number of nitrogens with two attached hydrogens (primary N) is 2. The summed E-state index contributed by atoms with van der Waals surface area (Å²) < 4.78 is 73.9. The molecule has 0 spiro atoms. The molecule has 0 saturated heterocycles. The van der Waals surface area contributed by atoms with E-state index in [1.165, 1.54) is 0 Å². The minimum atomic E-state index is -2.43. The normalized spacial score (nSPS) is 21.3. The van der Waals surface area contributed by atoms with E-state index in [-0.39, 0.29) is 52.5 Å². The first-order valence-electron chi connectivity index (χ1n) is 9.52. The first-order chi connectivity index (χ1) is 11.2. The number of hydrogen-bond donors (Lipinski definition) is 2. The van der Waals surface area contributed by atoms with Gasteiger partial charge in [0.1, 0.15) is 0 Å². The van der Waals surface area contributed by atoms with E-state index in [9.17, 15) is 0 Å². The van der Waals surface area contributed by atoms with Crippen molar-refractivity contribution < 1.29 is 25.2 Å². The van der Waals surface area contributed by atoms with Crippen LogP contribution in [-0.4, -0.2) is 52.6 Å². The maximum absolute atomic E-state index is 7.45. The molecule has 17 heavy (non-hydrogen) atoms. The third-order valence-corrected chi connectivity index (χ3v) is 1.69. The second kappa shape index (κ2) is 15.8. The topological polar surface area (TPSA) is 79.7 Å². The van der Waals surface area contributed by atoms with Crippen molar-refractivity contribution in [3.05, 3.63) is 0 Å². The molecule has 0 aliphatic heterocycles. The molecule has 4 N–H and O–H groups in total. The van der Waals surface area contributed by atoms with Gasteiger partial charge in [-0.15, -0.1) is 0 Å². The van der Waals surface area contributed by atoms with Gasteiger partial charge in [-0.05, 0) is 38.6 Å². The lowest BCUT2D eigenvalue weighted by Crippen LogP contribution is -2.11. The van der Waals surface area contributed by atoms with E-state index in [4.69, 9.17) is 36.6 Å². The van der Waals surface area contributed by atoms with Crippen molar-refractivity contribution in [1.29, 1.82) is 0 Å². The van der Waals surface area contributed by atoms with Crippen LogP contribution in [-0.2, 0) is 14.2 Å². The Bertz CT molecular complexity index is 340. The number of hydrogen-bond acceptors (Lipinski definition) is 5. The van der Waals surface area contributed by atoms with Gasteiger partial charge >= 0.3 is 0 Å². The van der Waals surface area contributed by atoms with Gasteiger partial charge in [0, 0.05) is 24.2 Å². The molecule has 0 aliphatic rings. The summed E-state index contributed by atoms with van der Waals surface area (Å²) in [5.41, 5.74) is 10.2. The smallest absolute Gasteiger partial charge is 0.0701 e. The van der Waals surface area contributed by atoms with Gasteiger partial charge in [-0.3, -0.25) is 0 Å². The van der Waals surface area contributed by atoms with Crippen LogP contribution in [0.25, 0.3) is 0 Å². The molecular weight excluding hydrogens is 220 g/mol. The van der Waals surface area contributed by atoms with Gasteiger partial charge in [0.15, 0.2) is 0 Å². The molecule has 0 amide bonds. The summed E-state index contributed by atoms with van der Waals surface area (Å²) in [5, 5.41) is 0. The van der Waals surface area contributed by atoms with Crippen molar-refractivity contribution in [2.75, 3.05) is 52.6 Å². The predicted molar refractivity (Wildman–Crippen MR) is 69.0 cm³/mol. The van der Waals surface area contributed by atoms with Gasteiger partial charge in [-0.25, -0.2) is 0 Å². The predicted octanol–water partition coefficient (Wildman–Crippen LogP) is 0.514. The largest absolute Gasteiger partial charge is 0.379 e. The van der Waals surface area contributed by atoms with Crippen molar-refractivity contribution >= 4 is 0 Å². The van der Waals surface area contributed by atoms with Crippen molar-refractivity contribution in [1.82, 2.24) is 0 Å². The Hall–Kier alpha value is -0.200. The molecule has 0 fully saturated rings. The highest BCUT2D eigenvalue weighted by atomic mass is 16.5. The van der Waals surface area contributed by atoms with E-state index in [1.807, 2.05) is 0 Å². The van der Waals surface area contributed by atoms with Crippen LogP contribution in [0.15, 0.2) is 0 Å². The quantitative estimate of drug-likeness (QED) is 0.443. The van der Waals surface area contributed by atoms with E-state index < -0.39 is 25.7 Å². The molecule has 0 rings (SSSR count). The fourth-order valence-corrected chi connectivity index (χ4v) is 0.933. The Morgan fingerprint density at radius 1 is 0.647 bits per heavy atom. The molecule has 0 saturated carbocycles. The molecule has 0 heterocycles. The summed E-state index contributed by atoms with van der Waals surface area (Å²) in [6.45, 7) is -3.92. The van der Waals surface area contributed by atoms with E-state index in [1.54, 1.807) is 0 Å². The molecule has 0 aromatic carbocycles. The number of rotatable bonds is 14. The molecule has 0 aromatic heterocycles. The summed E-state index contributed by atoms with van der Waals surface area (Å²) in [6, 6.07) is 0. The molecule has 0 atom stereocenters. The maximum atomic E-state index is 7.45. The average Bonchev–Trinajstić information content (AvgIpc) is 2.42. The van der Waals surface area contributed by atoms with Gasteiger partial charge in [0.25, 0.3) is 0 Å². The van der Waals surface area contributed by atoms with Crippen LogP contribution >= 0.6 is 0 Å². The second-order valence-electron chi connectivity index (χ2n) is 2.98. The zero-order valence-electron chi connectivity index (χ0n) is 18.0. The fraction of sp³-hybridized carbons (Fsp3) is 1.00. The first kappa shape index (κ1) is 7.40. The zero-order chi connectivity index (χ0) is 19.8. The molecule has 0 aromatic rings. The summed E-state index contributed by atoms with van der Waals surface area (Å²) in [4.78, 5) is 0. The molecule has 0 radical (unpaired) electrons. The van der Waals surface area contributed by atoms with Gasteiger partial charge < -0.3 is 25.7 Å². The number of ether oxygens (including phenoxy) is 3. The first-order valence-corrected chi connectivity index (χ1v) is 5.52. The highest BCUT2D eigenvalue weighted by Crippen LogP contribution is 1.89. The second-order valence-corrected chi connectivity index (χ2v) is 2.98. The Morgan fingerprint density at radius 2 is 1.00 bits per heavy atom. The van der Waals surface area contributed by atoms with E-state index >= 15 is 0 Å². The van der Waals surface area contributed by atoms with E-state index in [0.29, 0.717) is 0 Å². The Morgan fingerprint density at radius 3 is 1.35 bits per heavy atom. The molecule has 0 aliphatic carbocycles. The van der Waals surface area contributed by atoms with Crippen LogP contribution in [0.1, 0.15) is 36.6 Å². The van der Waals surface area contributed by atoms with Crippen molar-refractivity contribution in [3.8, 4) is 0 Å². The monoisotopic (exact) mass is 256 g/mol. The maximum Gasteiger partial charge on any atom is 0.0701 e. The van der Waals surface area contributed by atoms with Crippen LogP contribution in [0.3, 0.4) is 0 Å². The highest BCUT2D eigenvalue weighted by molar-refractivity contribution is 4.40. The van der Waals surface area contributed by atoms with E-state index in [0.717, 1.165) is 0 Å². The average molecular weight is 256 g/mol. The molecule has 5 heteroatoms. The highest BCUT2D eigenvalue weighted by Gasteiger charge is 1.92. The SMILES string of the molecule is [2H]C([2H])(N)C([2H])([2H])CCOCCOCCOCCC([2H])([2H])C([2H])([2H])N. The summed E-state index contributed by atoms with van der Waals surface area (Å²) in [6.07, 6.45) is -4.69. The van der Waals surface area contributed by atoms with Gasteiger partial charge in [0.2, 0.25) is 0 Å². The lowest BCUT2D eigenvalue weighted by molar-refractivity contribution is 0.0135. The van der Waals surface area contributed by atoms with Crippen LogP contribution in [0.4, 0.5) is 0 Å². The summed E-state index contributed by atoms with van der Waals surface area (Å²) in [7, 11) is 0. The zero-order valence-corrected chi connectivity index (χ0v) is 10.0. The van der Waals surface area contributed by atoms with Crippen LogP contribution in [0.5, 0.6) is 0 Å². The molecule has 0 unspecified atom stereocenters. The molecular formula is C12H28N2O3. The van der Waals surface area contributed by atoms with Gasteiger partial charge in [-0.1, -0.05) is 0 Å². The Balaban J connectivity index is 3.55. The van der Waals surface area contributed by atoms with Crippen LogP contribution < -0.4 is 11.5 Å². The Labute approximate surface area is 116 Å².